The molecule has 68 valence electrons. The standard InChI is InChI=1S/C11H13NO/c1-9-7-10-5-3-4-6-11(10)12(9)8-13-2/h3-7H,8H2,1-2H3. The third-order valence-corrected chi connectivity index (χ3v) is 2.28. The van der Waals surface area contributed by atoms with Crippen LogP contribution >= 0.6 is 0 Å². The summed E-state index contributed by atoms with van der Waals surface area (Å²) in [5.74, 6) is 0. The molecule has 0 saturated carbocycles. The molecule has 0 spiro atoms. The monoisotopic (exact) mass is 175 g/mol. The van der Waals surface area contributed by atoms with Crippen molar-refractivity contribution >= 4 is 10.9 Å². The highest BCUT2D eigenvalue weighted by atomic mass is 16.5. The molecule has 2 rings (SSSR count). The van der Waals surface area contributed by atoms with E-state index in [1.807, 2.05) is 6.07 Å². The minimum atomic E-state index is 0.624. The summed E-state index contributed by atoms with van der Waals surface area (Å²) in [5.41, 5.74) is 2.48. The molecule has 1 heterocycles. The maximum atomic E-state index is 5.14. The van der Waals surface area contributed by atoms with Crippen molar-refractivity contribution in [3.63, 3.8) is 0 Å². The average Bonchev–Trinajstić information content (AvgIpc) is 2.44. The molecular formula is C11H13NO. The van der Waals surface area contributed by atoms with Gasteiger partial charge >= 0.3 is 0 Å². The van der Waals surface area contributed by atoms with E-state index in [1.54, 1.807) is 7.11 Å². The zero-order valence-electron chi connectivity index (χ0n) is 7.95. The van der Waals surface area contributed by atoms with Gasteiger partial charge in [-0.1, -0.05) is 18.2 Å². The lowest BCUT2D eigenvalue weighted by atomic mass is 10.2. The number of nitrogens with zero attached hydrogens (tertiary/aromatic N) is 1. The quantitative estimate of drug-likeness (QED) is 0.684. The minimum Gasteiger partial charge on any atom is -0.364 e. The number of hydrogen-bond acceptors (Lipinski definition) is 1. The molecule has 0 amide bonds. The lowest BCUT2D eigenvalue weighted by molar-refractivity contribution is 0.133. The molecule has 0 radical (unpaired) electrons. The van der Waals surface area contributed by atoms with Gasteiger partial charge < -0.3 is 9.30 Å². The number of para-hydroxylation sites is 1. The number of rotatable bonds is 2. The van der Waals surface area contributed by atoms with Gasteiger partial charge in [-0.3, -0.25) is 0 Å². The van der Waals surface area contributed by atoms with Crippen LogP contribution in [0.1, 0.15) is 5.69 Å². The second kappa shape index (κ2) is 3.23. The SMILES string of the molecule is COCn1c(C)cc2ccccc21. The zero-order valence-corrected chi connectivity index (χ0v) is 7.95. The van der Waals surface area contributed by atoms with E-state index in [4.69, 9.17) is 4.74 Å². The van der Waals surface area contributed by atoms with E-state index in [1.165, 1.54) is 16.6 Å². The van der Waals surface area contributed by atoms with Crippen LogP contribution in [0.2, 0.25) is 0 Å². The van der Waals surface area contributed by atoms with Crippen LogP contribution in [-0.2, 0) is 11.5 Å². The lowest BCUT2D eigenvalue weighted by Gasteiger charge is -2.05. The second-order valence-electron chi connectivity index (χ2n) is 3.19. The van der Waals surface area contributed by atoms with Crippen molar-refractivity contribution < 1.29 is 4.74 Å². The van der Waals surface area contributed by atoms with Crippen LogP contribution in [0.15, 0.2) is 30.3 Å². The largest absolute Gasteiger partial charge is 0.364 e. The van der Waals surface area contributed by atoms with Gasteiger partial charge in [0.1, 0.15) is 6.73 Å². The Morgan fingerprint density at radius 3 is 2.85 bits per heavy atom. The molecule has 0 aliphatic rings. The van der Waals surface area contributed by atoms with Crippen LogP contribution in [0.4, 0.5) is 0 Å². The molecule has 0 aliphatic heterocycles. The first-order valence-electron chi connectivity index (χ1n) is 4.37. The minimum absolute atomic E-state index is 0.624. The average molecular weight is 175 g/mol. The second-order valence-corrected chi connectivity index (χ2v) is 3.19. The Morgan fingerprint density at radius 1 is 1.31 bits per heavy atom. The highest BCUT2D eigenvalue weighted by Crippen LogP contribution is 2.18. The lowest BCUT2D eigenvalue weighted by Crippen LogP contribution is -2.00. The van der Waals surface area contributed by atoms with Crippen LogP contribution in [0.3, 0.4) is 0 Å². The zero-order chi connectivity index (χ0) is 9.26. The van der Waals surface area contributed by atoms with Crippen molar-refractivity contribution in [1.82, 2.24) is 4.57 Å². The van der Waals surface area contributed by atoms with Crippen molar-refractivity contribution in [2.45, 2.75) is 13.7 Å². The number of fused-ring (bicyclic) bond motifs is 1. The highest BCUT2D eigenvalue weighted by Gasteiger charge is 2.02. The maximum Gasteiger partial charge on any atom is 0.122 e. The van der Waals surface area contributed by atoms with E-state index < -0.39 is 0 Å². The fraction of sp³-hybridized carbons (Fsp3) is 0.273. The Morgan fingerprint density at radius 2 is 2.08 bits per heavy atom. The van der Waals surface area contributed by atoms with Gasteiger partial charge in [0.05, 0.1) is 5.52 Å². The van der Waals surface area contributed by atoms with Crippen LogP contribution in [0.5, 0.6) is 0 Å². The summed E-state index contributed by atoms with van der Waals surface area (Å²) in [4.78, 5) is 0. The van der Waals surface area contributed by atoms with Gasteiger partial charge in [-0.15, -0.1) is 0 Å². The number of ether oxygens (including phenoxy) is 1. The Bertz CT molecular complexity index is 417. The first-order valence-corrected chi connectivity index (χ1v) is 4.37. The van der Waals surface area contributed by atoms with E-state index >= 15 is 0 Å². The summed E-state index contributed by atoms with van der Waals surface area (Å²) in [5, 5.41) is 1.28. The molecule has 0 atom stereocenters. The molecule has 0 N–H and O–H groups in total. The summed E-state index contributed by atoms with van der Waals surface area (Å²) in [7, 11) is 1.72. The molecule has 13 heavy (non-hydrogen) atoms. The topological polar surface area (TPSA) is 14.2 Å². The molecule has 2 aromatic rings. The molecular weight excluding hydrogens is 162 g/mol. The highest BCUT2D eigenvalue weighted by molar-refractivity contribution is 5.81. The predicted molar refractivity (Wildman–Crippen MR) is 53.7 cm³/mol. The number of aryl methyl sites for hydroxylation is 1. The molecule has 0 fully saturated rings. The van der Waals surface area contributed by atoms with Gasteiger partial charge in [0.2, 0.25) is 0 Å². The summed E-state index contributed by atoms with van der Waals surface area (Å²) in [6, 6.07) is 10.5. The fourth-order valence-electron chi connectivity index (χ4n) is 1.65. The third-order valence-electron chi connectivity index (χ3n) is 2.28. The van der Waals surface area contributed by atoms with Gasteiger partial charge in [-0.05, 0) is 24.4 Å². The van der Waals surface area contributed by atoms with Crippen LogP contribution in [0, 0.1) is 6.92 Å². The van der Waals surface area contributed by atoms with Gasteiger partial charge in [0.15, 0.2) is 0 Å². The molecule has 0 unspecified atom stereocenters. The summed E-state index contributed by atoms with van der Waals surface area (Å²) in [6.07, 6.45) is 0. The smallest absolute Gasteiger partial charge is 0.122 e. The van der Waals surface area contributed by atoms with Crippen molar-refractivity contribution in [3.8, 4) is 0 Å². The number of benzene rings is 1. The summed E-state index contributed by atoms with van der Waals surface area (Å²) in [6.45, 7) is 2.72. The van der Waals surface area contributed by atoms with Crippen LogP contribution < -0.4 is 0 Å². The third kappa shape index (κ3) is 1.33. The molecule has 2 nitrogen and oxygen atoms in total. The summed E-state index contributed by atoms with van der Waals surface area (Å²) < 4.78 is 7.30. The Hall–Kier alpha value is -1.28. The Balaban J connectivity index is 2.64. The van der Waals surface area contributed by atoms with Crippen molar-refractivity contribution in [3.05, 3.63) is 36.0 Å². The van der Waals surface area contributed by atoms with E-state index in [9.17, 15) is 0 Å². The maximum absolute atomic E-state index is 5.14. The van der Waals surface area contributed by atoms with E-state index in [2.05, 4.69) is 35.8 Å². The van der Waals surface area contributed by atoms with Gasteiger partial charge in [0, 0.05) is 12.8 Å². The van der Waals surface area contributed by atoms with Crippen molar-refractivity contribution in [1.29, 1.82) is 0 Å². The van der Waals surface area contributed by atoms with Crippen LogP contribution in [0.25, 0.3) is 10.9 Å². The van der Waals surface area contributed by atoms with Gasteiger partial charge in [0.25, 0.3) is 0 Å². The number of methoxy groups -OCH3 is 1. The molecule has 2 heteroatoms. The first-order chi connectivity index (χ1) is 6.33. The summed E-state index contributed by atoms with van der Waals surface area (Å²) >= 11 is 0. The molecule has 0 saturated heterocycles. The van der Waals surface area contributed by atoms with E-state index in [0.717, 1.165) is 0 Å². The van der Waals surface area contributed by atoms with Gasteiger partial charge in [-0.2, -0.15) is 0 Å². The van der Waals surface area contributed by atoms with Crippen molar-refractivity contribution in [2.24, 2.45) is 0 Å². The number of aromatic nitrogens is 1. The number of hydrogen-bond donors (Lipinski definition) is 0. The first kappa shape index (κ1) is 8.32. The predicted octanol–water partition coefficient (Wildman–Crippen LogP) is 2.55. The molecule has 1 aromatic carbocycles. The van der Waals surface area contributed by atoms with E-state index in [-0.39, 0.29) is 0 Å². The normalized spacial score (nSPS) is 10.9. The van der Waals surface area contributed by atoms with Crippen LogP contribution in [-0.4, -0.2) is 11.7 Å². The van der Waals surface area contributed by atoms with E-state index in [0.29, 0.717) is 6.73 Å². The Labute approximate surface area is 77.7 Å². The molecule has 0 bridgehead atoms. The van der Waals surface area contributed by atoms with Crippen molar-refractivity contribution in [2.75, 3.05) is 7.11 Å². The molecule has 0 aliphatic carbocycles. The fourth-order valence-corrected chi connectivity index (χ4v) is 1.65. The Kier molecular flexibility index (Phi) is 2.07. The molecule has 1 aromatic heterocycles. The van der Waals surface area contributed by atoms with Gasteiger partial charge in [-0.25, -0.2) is 0 Å².